The molecule has 1 saturated carbocycles. The quantitative estimate of drug-likeness (QED) is 0.770. The molecule has 1 heterocycles. The zero-order valence-corrected chi connectivity index (χ0v) is 13.2. The van der Waals surface area contributed by atoms with Crippen molar-refractivity contribution in [1.29, 1.82) is 0 Å². The van der Waals surface area contributed by atoms with Gasteiger partial charge in [0, 0.05) is 12.6 Å². The van der Waals surface area contributed by atoms with Gasteiger partial charge in [0.1, 0.15) is 6.04 Å². The smallest absolute Gasteiger partial charge is 0.327 e. The molecule has 1 aliphatic carbocycles. The Kier molecular flexibility index (Phi) is 5.12. The summed E-state index contributed by atoms with van der Waals surface area (Å²) in [5.41, 5.74) is -0.370. The molecule has 21 heavy (non-hydrogen) atoms. The second kappa shape index (κ2) is 6.67. The maximum atomic E-state index is 12.5. The Balaban J connectivity index is 2.03. The first-order chi connectivity index (χ1) is 9.92. The van der Waals surface area contributed by atoms with E-state index in [1.165, 1.54) is 17.7 Å². The highest BCUT2D eigenvalue weighted by molar-refractivity contribution is 5.83. The number of carboxylic acid groups (broad SMARTS) is 1. The Morgan fingerprint density at radius 1 is 1.10 bits per heavy atom. The molecular weight excluding hydrogens is 268 g/mol. The molecule has 5 nitrogen and oxygen atoms in total. The summed E-state index contributed by atoms with van der Waals surface area (Å²) in [5, 5.41) is 12.6. The highest BCUT2D eigenvalue weighted by Crippen LogP contribution is 2.35. The fraction of sp³-hybridized carbons (Fsp3) is 0.875. The number of carboxylic acids is 1. The second-order valence-corrected chi connectivity index (χ2v) is 7.16. The van der Waals surface area contributed by atoms with Crippen LogP contribution in [0.25, 0.3) is 0 Å². The molecule has 2 aliphatic rings. The van der Waals surface area contributed by atoms with Gasteiger partial charge >= 0.3 is 12.0 Å². The number of hydrogen-bond donors (Lipinski definition) is 2. The molecular formula is C16H28N2O3. The van der Waals surface area contributed by atoms with E-state index < -0.39 is 12.0 Å². The van der Waals surface area contributed by atoms with E-state index in [4.69, 9.17) is 0 Å². The number of carbonyl (C=O) groups is 2. The van der Waals surface area contributed by atoms with Crippen LogP contribution in [0.5, 0.6) is 0 Å². The first kappa shape index (κ1) is 16.1. The van der Waals surface area contributed by atoms with Crippen LogP contribution >= 0.6 is 0 Å². The number of urea groups is 1. The van der Waals surface area contributed by atoms with Gasteiger partial charge in [0.15, 0.2) is 0 Å². The lowest BCUT2D eigenvalue weighted by Gasteiger charge is -2.44. The summed E-state index contributed by atoms with van der Waals surface area (Å²) in [6.07, 6.45) is 8.52. The molecule has 0 radical (unpaired) electrons. The van der Waals surface area contributed by atoms with E-state index in [1.807, 2.05) is 13.8 Å². The number of likely N-dealkylation sites (tertiary alicyclic amines) is 1. The van der Waals surface area contributed by atoms with Crippen LogP contribution in [0.15, 0.2) is 0 Å². The van der Waals surface area contributed by atoms with Gasteiger partial charge in [0.25, 0.3) is 0 Å². The molecule has 120 valence electrons. The molecule has 2 N–H and O–H groups in total. The number of aliphatic carboxylic acids is 1. The van der Waals surface area contributed by atoms with Gasteiger partial charge in [-0.25, -0.2) is 9.59 Å². The Bertz CT molecular complexity index is 387. The molecule has 1 atom stereocenters. The Hall–Kier alpha value is -1.26. The third-order valence-corrected chi connectivity index (χ3v) is 4.95. The molecule has 0 spiro atoms. The van der Waals surface area contributed by atoms with E-state index in [9.17, 15) is 14.7 Å². The average molecular weight is 296 g/mol. The molecule has 0 bridgehead atoms. The van der Waals surface area contributed by atoms with Crippen LogP contribution in [0.3, 0.4) is 0 Å². The van der Waals surface area contributed by atoms with E-state index in [0.717, 1.165) is 38.5 Å². The fourth-order valence-electron chi connectivity index (χ4n) is 3.76. The van der Waals surface area contributed by atoms with Crippen molar-refractivity contribution in [3.8, 4) is 0 Å². The van der Waals surface area contributed by atoms with Crippen molar-refractivity contribution >= 4 is 12.0 Å². The van der Waals surface area contributed by atoms with Crippen LogP contribution in [0.2, 0.25) is 0 Å². The maximum absolute atomic E-state index is 12.5. The van der Waals surface area contributed by atoms with Crippen LogP contribution in [-0.2, 0) is 4.79 Å². The van der Waals surface area contributed by atoms with Crippen LogP contribution in [-0.4, -0.2) is 40.6 Å². The lowest BCUT2D eigenvalue weighted by Crippen LogP contribution is -2.59. The van der Waals surface area contributed by atoms with Crippen molar-refractivity contribution in [2.24, 2.45) is 5.41 Å². The van der Waals surface area contributed by atoms with Crippen molar-refractivity contribution in [3.05, 3.63) is 0 Å². The molecule has 0 aromatic heterocycles. The molecule has 0 aromatic rings. The van der Waals surface area contributed by atoms with E-state index in [0.29, 0.717) is 6.54 Å². The second-order valence-electron chi connectivity index (χ2n) is 7.16. The molecule has 2 fully saturated rings. The van der Waals surface area contributed by atoms with Gasteiger partial charge in [-0.15, -0.1) is 0 Å². The number of piperidine rings is 1. The maximum Gasteiger partial charge on any atom is 0.327 e. The highest BCUT2D eigenvalue weighted by Gasteiger charge is 2.44. The number of nitrogens with one attached hydrogen (secondary N) is 1. The predicted molar refractivity (Wildman–Crippen MR) is 81.2 cm³/mol. The van der Waals surface area contributed by atoms with Crippen molar-refractivity contribution in [3.63, 3.8) is 0 Å². The van der Waals surface area contributed by atoms with Crippen LogP contribution in [0.1, 0.15) is 65.2 Å². The largest absolute Gasteiger partial charge is 0.480 e. The van der Waals surface area contributed by atoms with Gasteiger partial charge in [-0.2, -0.15) is 0 Å². The molecule has 2 amide bonds. The van der Waals surface area contributed by atoms with Gasteiger partial charge in [0.2, 0.25) is 0 Å². The summed E-state index contributed by atoms with van der Waals surface area (Å²) in [6, 6.07) is -0.710. The molecule has 2 rings (SSSR count). The van der Waals surface area contributed by atoms with Crippen molar-refractivity contribution in [2.75, 3.05) is 6.54 Å². The monoisotopic (exact) mass is 296 g/mol. The lowest BCUT2D eigenvalue weighted by atomic mass is 9.76. The molecule has 0 aromatic carbocycles. The van der Waals surface area contributed by atoms with Crippen LogP contribution in [0, 0.1) is 5.41 Å². The molecule has 1 aliphatic heterocycles. The SMILES string of the molecule is CC1(C)CCCN(C(=O)NC2CCCCCC2)C1C(=O)O. The average Bonchev–Trinajstić information content (AvgIpc) is 2.65. The summed E-state index contributed by atoms with van der Waals surface area (Å²) in [4.78, 5) is 25.7. The Labute approximate surface area is 127 Å². The standard InChI is InChI=1S/C16H28N2O3/c1-16(2)10-7-11-18(13(16)14(19)20)15(21)17-12-8-5-3-4-6-9-12/h12-13H,3-11H2,1-2H3,(H,17,21)(H,19,20). The summed E-state index contributed by atoms with van der Waals surface area (Å²) in [5.74, 6) is -0.893. The van der Waals surface area contributed by atoms with E-state index in [2.05, 4.69) is 5.32 Å². The third kappa shape index (κ3) is 3.89. The predicted octanol–water partition coefficient (Wildman–Crippen LogP) is 2.99. The van der Waals surface area contributed by atoms with Gasteiger partial charge in [-0.3, -0.25) is 0 Å². The number of rotatable bonds is 2. The normalized spacial score (nSPS) is 27.0. The first-order valence-electron chi connectivity index (χ1n) is 8.22. The topological polar surface area (TPSA) is 69.6 Å². The minimum atomic E-state index is -0.893. The fourth-order valence-corrected chi connectivity index (χ4v) is 3.76. The minimum absolute atomic E-state index is 0.193. The van der Waals surface area contributed by atoms with Crippen molar-refractivity contribution in [2.45, 2.75) is 77.3 Å². The van der Waals surface area contributed by atoms with E-state index >= 15 is 0 Å². The summed E-state index contributed by atoms with van der Waals surface area (Å²) in [6.45, 7) is 4.42. The molecule has 1 saturated heterocycles. The number of carbonyl (C=O) groups excluding carboxylic acids is 1. The minimum Gasteiger partial charge on any atom is -0.480 e. The lowest BCUT2D eigenvalue weighted by molar-refractivity contribution is -0.148. The summed E-state index contributed by atoms with van der Waals surface area (Å²) < 4.78 is 0. The first-order valence-corrected chi connectivity index (χ1v) is 8.22. The zero-order chi connectivity index (χ0) is 15.5. The Morgan fingerprint density at radius 3 is 2.29 bits per heavy atom. The van der Waals surface area contributed by atoms with Gasteiger partial charge in [0.05, 0.1) is 0 Å². The van der Waals surface area contributed by atoms with E-state index in [1.54, 1.807) is 0 Å². The third-order valence-electron chi connectivity index (χ3n) is 4.95. The Morgan fingerprint density at radius 2 is 1.71 bits per heavy atom. The van der Waals surface area contributed by atoms with E-state index in [-0.39, 0.29) is 17.5 Å². The summed E-state index contributed by atoms with van der Waals surface area (Å²) in [7, 11) is 0. The van der Waals surface area contributed by atoms with Gasteiger partial charge in [-0.1, -0.05) is 39.5 Å². The number of amides is 2. The summed E-state index contributed by atoms with van der Waals surface area (Å²) >= 11 is 0. The van der Waals surface area contributed by atoms with Crippen molar-refractivity contribution < 1.29 is 14.7 Å². The highest BCUT2D eigenvalue weighted by atomic mass is 16.4. The molecule has 1 unspecified atom stereocenters. The van der Waals surface area contributed by atoms with Crippen LogP contribution < -0.4 is 5.32 Å². The number of nitrogens with zero attached hydrogens (tertiary/aromatic N) is 1. The number of hydrogen-bond acceptors (Lipinski definition) is 2. The molecule has 5 heteroatoms. The van der Waals surface area contributed by atoms with Gasteiger partial charge < -0.3 is 15.3 Å². The van der Waals surface area contributed by atoms with Crippen LogP contribution in [0.4, 0.5) is 4.79 Å². The van der Waals surface area contributed by atoms with Crippen molar-refractivity contribution in [1.82, 2.24) is 10.2 Å². The van der Waals surface area contributed by atoms with Gasteiger partial charge in [-0.05, 0) is 31.1 Å². The zero-order valence-electron chi connectivity index (χ0n) is 13.2.